The highest BCUT2D eigenvalue weighted by molar-refractivity contribution is 9.10. The first-order chi connectivity index (χ1) is 9.95. The maximum atomic E-state index is 12.1. The molecule has 0 amide bonds. The molecular weight excluding hydrogens is 334 g/mol. The van der Waals surface area contributed by atoms with E-state index in [0.29, 0.717) is 12.1 Å². The molecule has 110 valence electrons. The number of carbonyl (C=O) groups is 1. The lowest BCUT2D eigenvalue weighted by Crippen LogP contribution is -2.25. The summed E-state index contributed by atoms with van der Waals surface area (Å²) in [5.74, 6) is -0.618. The van der Waals surface area contributed by atoms with Crippen LogP contribution in [0.15, 0.2) is 46.9 Å². The van der Waals surface area contributed by atoms with Crippen molar-refractivity contribution in [3.8, 4) is 11.5 Å². The SMILES string of the molecule is CN(CC(=O)c1ccc(O)c(O)c1)Cc1cccc(Br)c1. The number of Topliss-reactive ketones (excluding diaryl/α,β-unsaturated/α-hetero) is 1. The van der Waals surface area contributed by atoms with Crippen LogP contribution in [0.5, 0.6) is 11.5 Å². The van der Waals surface area contributed by atoms with Gasteiger partial charge in [0.1, 0.15) is 0 Å². The minimum absolute atomic E-state index is 0.109. The number of hydrogen-bond acceptors (Lipinski definition) is 4. The average Bonchev–Trinajstić information content (AvgIpc) is 2.41. The third-order valence-corrected chi connectivity index (χ3v) is 3.55. The zero-order valence-electron chi connectivity index (χ0n) is 11.6. The Morgan fingerprint density at radius 2 is 1.90 bits per heavy atom. The number of ketones is 1. The van der Waals surface area contributed by atoms with Crippen LogP contribution in [0.4, 0.5) is 0 Å². The maximum Gasteiger partial charge on any atom is 0.176 e. The lowest BCUT2D eigenvalue weighted by atomic mass is 10.1. The molecule has 0 aliphatic carbocycles. The van der Waals surface area contributed by atoms with Crippen LogP contribution < -0.4 is 0 Å². The number of likely N-dealkylation sites (N-methyl/N-ethyl adjacent to an activating group) is 1. The Morgan fingerprint density at radius 1 is 1.14 bits per heavy atom. The summed E-state index contributed by atoms with van der Waals surface area (Å²) in [6, 6.07) is 12.0. The number of aromatic hydroxyl groups is 2. The lowest BCUT2D eigenvalue weighted by Gasteiger charge is -2.16. The van der Waals surface area contributed by atoms with Gasteiger partial charge in [-0.3, -0.25) is 9.69 Å². The van der Waals surface area contributed by atoms with Gasteiger partial charge in [-0.1, -0.05) is 28.1 Å². The maximum absolute atomic E-state index is 12.1. The quantitative estimate of drug-likeness (QED) is 0.642. The Labute approximate surface area is 131 Å². The van der Waals surface area contributed by atoms with Gasteiger partial charge in [-0.05, 0) is 42.9 Å². The normalized spacial score (nSPS) is 10.8. The van der Waals surface area contributed by atoms with Gasteiger partial charge < -0.3 is 10.2 Å². The lowest BCUT2D eigenvalue weighted by molar-refractivity contribution is 0.0942. The highest BCUT2D eigenvalue weighted by atomic mass is 79.9. The van der Waals surface area contributed by atoms with E-state index in [1.165, 1.54) is 18.2 Å². The first-order valence-electron chi connectivity index (χ1n) is 6.44. The Hall–Kier alpha value is -1.85. The second-order valence-electron chi connectivity index (χ2n) is 4.93. The predicted octanol–water partition coefficient (Wildman–Crippen LogP) is 3.18. The van der Waals surface area contributed by atoms with Gasteiger partial charge in [0.25, 0.3) is 0 Å². The number of phenols is 2. The molecule has 0 aromatic heterocycles. The van der Waals surface area contributed by atoms with Gasteiger partial charge in [0.05, 0.1) is 6.54 Å². The standard InChI is InChI=1S/C16H16BrNO3/c1-18(9-11-3-2-4-13(17)7-11)10-16(21)12-5-6-14(19)15(20)8-12/h2-8,19-20H,9-10H2,1H3. The topological polar surface area (TPSA) is 60.8 Å². The van der Waals surface area contributed by atoms with Crippen LogP contribution in [0.25, 0.3) is 0 Å². The minimum Gasteiger partial charge on any atom is -0.504 e. The molecule has 21 heavy (non-hydrogen) atoms. The van der Waals surface area contributed by atoms with Gasteiger partial charge in [0, 0.05) is 16.6 Å². The molecule has 0 aliphatic rings. The van der Waals surface area contributed by atoms with E-state index in [9.17, 15) is 15.0 Å². The predicted molar refractivity (Wildman–Crippen MR) is 84.6 cm³/mol. The van der Waals surface area contributed by atoms with Crippen molar-refractivity contribution in [1.29, 1.82) is 0 Å². The number of benzene rings is 2. The molecule has 0 bridgehead atoms. The minimum atomic E-state index is -0.282. The summed E-state index contributed by atoms with van der Waals surface area (Å²) in [6.07, 6.45) is 0. The third-order valence-electron chi connectivity index (χ3n) is 3.05. The zero-order chi connectivity index (χ0) is 15.4. The van der Waals surface area contributed by atoms with E-state index in [1.807, 2.05) is 36.2 Å². The van der Waals surface area contributed by atoms with Crippen molar-refractivity contribution in [3.63, 3.8) is 0 Å². The van der Waals surface area contributed by atoms with Gasteiger partial charge in [0.15, 0.2) is 17.3 Å². The van der Waals surface area contributed by atoms with E-state index in [0.717, 1.165) is 10.0 Å². The monoisotopic (exact) mass is 349 g/mol. The molecule has 0 saturated carbocycles. The second-order valence-corrected chi connectivity index (χ2v) is 5.84. The van der Waals surface area contributed by atoms with Crippen LogP contribution in [0.3, 0.4) is 0 Å². The molecule has 2 N–H and O–H groups in total. The van der Waals surface area contributed by atoms with Gasteiger partial charge in [-0.25, -0.2) is 0 Å². The summed E-state index contributed by atoms with van der Waals surface area (Å²) in [5.41, 5.74) is 1.49. The van der Waals surface area contributed by atoms with E-state index < -0.39 is 0 Å². The Balaban J connectivity index is 2.00. The van der Waals surface area contributed by atoms with Gasteiger partial charge in [-0.15, -0.1) is 0 Å². The van der Waals surface area contributed by atoms with Gasteiger partial charge in [-0.2, -0.15) is 0 Å². The van der Waals surface area contributed by atoms with Gasteiger partial charge in [0.2, 0.25) is 0 Å². The summed E-state index contributed by atoms with van der Waals surface area (Å²) in [4.78, 5) is 14.0. The summed E-state index contributed by atoms with van der Waals surface area (Å²) in [6.45, 7) is 0.881. The summed E-state index contributed by atoms with van der Waals surface area (Å²) < 4.78 is 1.00. The zero-order valence-corrected chi connectivity index (χ0v) is 13.2. The fourth-order valence-electron chi connectivity index (χ4n) is 2.04. The number of nitrogens with zero attached hydrogens (tertiary/aromatic N) is 1. The Kier molecular flexibility index (Phi) is 4.98. The number of phenolic OH excluding ortho intramolecular Hbond substituents is 2. The van der Waals surface area contributed by atoms with E-state index in [1.54, 1.807) is 0 Å². The Bertz CT molecular complexity index is 658. The summed E-state index contributed by atoms with van der Waals surface area (Å²) in [5, 5.41) is 18.7. The van der Waals surface area contributed by atoms with Crippen LogP contribution in [-0.4, -0.2) is 34.5 Å². The smallest absolute Gasteiger partial charge is 0.176 e. The molecule has 2 aromatic rings. The van der Waals surface area contributed by atoms with E-state index >= 15 is 0 Å². The van der Waals surface area contributed by atoms with Crippen molar-refractivity contribution in [2.75, 3.05) is 13.6 Å². The molecule has 0 heterocycles. The molecular formula is C16H16BrNO3. The Morgan fingerprint density at radius 3 is 2.57 bits per heavy atom. The van der Waals surface area contributed by atoms with Crippen molar-refractivity contribution >= 4 is 21.7 Å². The largest absolute Gasteiger partial charge is 0.504 e. The van der Waals surface area contributed by atoms with Gasteiger partial charge >= 0.3 is 0 Å². The molecule has 0 atom stereocenters. The molecule has 0 unspecified atom stereocenters. The summed E-state index contributed by atoms with van der Waals surface area (Å²) >= 11 is 3.42. The average molecular weight is 350 g/mol. The van der Waals surface area contributed by atoms with Crippen LogP contribution in [-0.2, 0) is 6.54 Å². The van der Waals surface area contributed by atoms with E-state index in [-0.39, 0.29) is 23.8 Å². The third kappa shape index (κ3) is 4.31. The van der Waals surface area contributed by atoms with Crippen molar-refractivity contribution in [2.24, 2.45) is 0 Å². The van der Waals surface area contributed by atoms with Crippen molar-refractivity contribution in [1.82, 2.24) is 4.90 Å². The molecule has 0 radical (unpaired) electrons. The molecule has 0 aliphatic heterocycles. The first-order valence-corrected chi connectivity index (χ1v) is 7.23. The molecule has 0 fully saturated rings. The molecule has 4 nitrogen and oxygen atoms in total. The fraction of sp³-hybridized carbons (Fsp3) is 0.188. The highest BCUT2D eigenvalue weighted by Gasteiger charge is 2.12. The molecule has 2 rings (SSSR count). The summed E-state index contributed by atoms with van der Waals surface area (Å²) in [7, 11) is 1.86. The number of hydrogen-bond donors (Lipinski definition) is 2. The number of halogens is 1. The van der Waals surface area contributed by atoms with Crippen LogP contribution in [0, 0.1) is 0 Å². The highest BCUT2D eigenvalue weighted by Crippen LogP contribution is 2.25. The second kappa shape index (κ2) is 6.74. The van der Waals surface area contributed by atoms with Crippen molar-refractivity contribution < 1.29 is 15.0 Å². The van der Waals surface area contributed by atoms with Crippen molar-refractivity contribution in [2.45, 2.75) is 6.54 Å². The van der Waals surface area contributed by atoms with E-state index in [2.05, 4.69) is 15.9 Å². The van der Waals surface area contributed by atoms with Crippen LogP contribution in [0.1, 0.15) is 15.9 Å². The van der Waals surface area contributed by atoms with Crippen LogP contribution in [0.2, 0.25) is 0 Å². The first kappa shape index (κ1) is 15.5. The number of carbonyl (C=O) groups excluding carboxylic acids is 1. The van der Waals surface area contributed by atoms with Crippen molar-refractivity contribution in [3.05, 3.63) is 58.1 Å². The molecule has 5 heteroatoms. The van der Waals surface area contributed by atoms with Crippen LogP contribution >= 0.6 is 15.9 Å². The fourth-order valence-corrected chi connectivity index (χ4v) is 2.48. The van der Waals surface area contributed by atoms with E-state index in [4.69, 9.17) is 0 Å². The number of rotatable bonds is 5. The molecule has 0 spiro atoms. The molecule has 2 aromatic carbocycles. The molecule has 0 saturated heterocycles.